The number of amides is 1. The second-order valence-corrected chi connectivity index (χ2v) is 3.42. The molecule has 0 spiro atoms. The van der Waals surface area contributed by atoms with Crippen molar-refractivity contribution in [3.05, 3.63) is 54.1 Å². The highest BCUT2D eigenvalue weighted by Crippen LogP contribution is 2.14. The van der Waals surface area contributed by atoms with E-state index in [9.17, 15) is 9.59 Å². The molecule has 2 N–H and O–H groups in total. The standard InChI is InChI=1S/C12H9N3O3/c16-11(8-2-1-4-13-6-8)15-10-7-14-5-3-9(10)12(17)18/h1-7H,(H,15,16)(H,17,18). The Balaban J connectivity index is 2.25. The van der Waals surface area contributed by atoms with Gasteiger partial charge in [0.25, 0.3) is 5.91 Å². The van der Waals surface area contributed by atoms with Crippen molar-refractivity contribution in [2.75, 3.05) is 5.32 Å². The smallest absolute Gasteiger partial charge is 0.337 e. The zero-order valence-electron chi connectivity index (χ0n) is 9.20. The number of nitrogens with zero attached hydrogens (tertiary/aromatic N) is 2. The van der Waals surface area contributed by atoms with E-state index in [1.54, 1.807) is 18.3 Å². The van der Waals surface area contributed by atoms with Crippen LogP contribution in [-0.4, -0.2) is 27.0 Å². The highest BCUT2D eigenvalue weighted by atomic mass is 16.4. The molecule has 18 heavy (non-hydrogen) atoms. The van der Waals surface area contributed by atoms with Crippen LogP contribution in [0.1, 0.15) is 20.7 Å². The van der Waals surface area contributed by atoms with Crippen molar-refractivity contribution in [1.29, 1.82) is 0 Å². The average molecular weight is 243 g/mol. The first-order valence-electron chi connectivity index (χ1n) is 5.07. The molecule has 0 aliphatic rings. The number of aromatic carboxylic acids is 1. The number of nitrogens with one attached hydrogen (secondary N) is 1. The molecule has 0 aromatic carbocycles. The Morgan fingerprint density at radius 2 is 1.89 bits per heavy atom. The van der Waals surface area contributed by atoms with E-state index in [2.05, 4.69) is 15.3 Å². The monoisotopic (exact) mass is 243 g/mol. The van der Waals surface area contributed by atoms with Gasteiger partial charge >= 0.3 is 5.97 Å². The van der Waals surface area contributed by atoms with Gasteiger partial charge in [-0.1, -0.05) is 0 Å². The van der Waals surface area contributed by atoms with Gasteiger partial charge < -0.3 is 10.4 Å². The molecule has 0 unspecified atom stereocenters. The molecule has 0 fully saturated rings. The molecule has 2 aromatic rings. The number of pyridine rings is 2. The summed E-state index contributed by atoms with van der Waals surface area (Å²) in [6.07, 6.45) is 5.58. The summed E-state index contributed by atoms with van der Waals surface area (Å²) in [5.74, 6) is -1.56. The number of carbonyl (C=O) groups excluding carboxylic acids is 1. The maximum atomic E-state index is 11.8. The Morgan fingerprint density at radius 1 is 1.11 bits per heavy atom. The van der Waals surface area contributed by atoms with Gasteiger partial charge in [-0.05, 0) is 18.2 Å². The second kappa shape index (κ2) is 5.05. The molecular formula is C12H9N3O3. The van der Waals surface area contributed by atoms with Gasteiger partial charge in [0.2, 0.25) is 0 Å². The fourth-order valence-electron chi connectivity index (χ4n) is 1.37. The number of carboxylic acids is 1. The maximum absolute atomic E-state index is 11.8. The van der Waals surface area contributed by atoms with Gasteiger partial charge in [-0.25, -0.2) is 4.79 Å². The number of hydrogen-bond acceptors (Lipinski definition) is 4. The van der Waals surface area contributed by atoms with Crippen LogP contribution in [0.25, 0.3) is 0 Å². The summed E-state index contributed by atoms with van der Waals surface area (Å²) in [4.78, 5) is 30.4. The molecule has 0 saturated carbocycles. The zero-order valence-corrected chi connectivity index (χ0v) is 9.20. The fraction of sp³-hybridized carbons (Fsp3) is 0. The van der Waals surface area contributed by atoms with Crippen LogP contribution in [0.5, 0.6) is 0 Å². The van der Waals surface area contributed by atoms with E-state index in [0.29, 0.717) is 5.56 Å². The van der Waals surface area contributed by atoms with Crippen LogP contribution in [0.2, 0.25) is 0 Å². The highest BCUT2D eigenvalue weighted by Gasteiger charge is 2.13. The summed E-state index contributed by atoms with van der Waals surface area (Å²) >= 11 is 0. The van der Waals surface area contributed by atoms with Crippen LogP contribution >= 0.6 is 0 Å². The van der Waals surface area contributed by atoms with Gasteiger partial charge in [0.05, 0.1) is 23.0 Å². The van der Waals surface area contributed by atoms with Crippen molar-refractivity contribution < 1.29 is 14.7 Å². The van der Waals surface area contributed by atoms with E-state index in [-0.39, 0.29) is 11.3 Å². The van der Waals surface area contributed by atoms with E-state index in [1.807, 2.05) is 0 Å². The molecule has 2 rings (SSSR count). The number of carboxylic acid groups (broad SMARTS) is 1. The topological polar surface area (TPSA) is 92.2 Å². The largest absolute Gasteiger partial charge is 0.478 e. The molecular weight excluding hydrogens is 234 g/mol. The molecule has 6 heteroatoms. The van der Waals surface area contributed by atoms with Crippen molar-refractivity contribution in [3.63, 3.8) is 0 Å². The van der Waals surface area contributed by atoms with E-state index >= 15 is 0 Å². The minimum atomic E-state index is -1.13. The zero-order chi connectivity index (χ0) is 13.0. The van der Waals surface area contributed by atoms with Gasteiger partial charge in [-0.3, -0.25) is 14.8 Å². The summed E-state index contributed by atoms with van der Waals surface area (Å²) in [5.41, 5.74) is 0.485. The molecule has 1 amide bonds. The first kappa shape index (κ1) is 11.7. The summed E-state index contributed by atoms with van der Waals surface area (Å²) in [6.45, 7) is 0. The van der Waals surface area contributed by atoms with Crippen molar-refractivity contribution in [2.45, 2.75) is 0 Å². The van der Waals surface area contributed by atoms with Crippen LogP contribution in [0.4, 0.5) is 5.69 Å². The number of hydrogen-bond donors (Lipinski definition) is 2. The molecule has 0 saturated heterocycles. The van der Waals surface area contributed by atoms with Crippen molar-refractivity contribution in [3.8, 4) is 0 Å². The minimum absolute atomic E-state index is 0.0118. The van der Waals surface area contributed by atoms with Gasteiger partial charge in [-0.2, -0.15) is 0 Å². The van der Waals surface area contributed by atoms with Gasteiger partial charge in [0.15, 0.2) is 0 Å². The van der Waals surface area contributed by atoms with Crippen molar-refractivity contribution in [2.24, 2.45) is 0 Å². The van der Waals surface area contributed by atoms with Crippen LogP contribution in [0, 0.1) is 0 Å². The van der Waals surface area contributed by atoms with Gasteiger partial charge in [0.1, 0.15) is 0 Å². The molecule has 2 heterocycles. The quantitative estimate of drug-likeness (QED) is 0.850. The van der Waals surface area contributed by atoms with Crippen molar-refractivity contribution in [1.82, 2.24) is 9.97 Å². The van der Waals surface area contributed by atoms with Crippen LogP contribution < -0.4 is 5.32 Å². The molecule has 6 nitrogen and oxygen atoms in total. The number of rotatable bonds is 3. The lowest BCUT2D eigenvalue weighted by molar-refractivity contribution is 0.0698. The first-order chi connectivity index (χ1) is 8.68. The lowest BCUT2D eigenvalue weighted by Crippen LogP contribution is -2.15. The Labute approximate surface area is 102 Å². The van der Waals surface area contributed by atoms with E-state index in [4.69, 9.17) is 5.11 Å². The Hall–Kier alpha value is -2.76. The molecule has 0 aliphatic heterocycles. The van der Waals surface area contributed by atoms with Crippen LogP contribution in [-0.2, 0) is 0 Å². The average Bonchev–Trinajstić information content (AvgIpc) is 2.40. The fourth-order valence-corrected chi connectivity index (χ4v) is 1.37. The van der Waals surface area contributed by atoms with Gasteiger partial charge in [-0.15, -0.1) is 0 Å². The Morgan fingerprint density at radius 3 is 2.56 bits per heavy atom. The SMILES string of the molecule is O=C(Nc1cnccc1C(=O)O)c1cccnc1. The summed E-state index contributed by atoms with van der Waals surface area (Å²) < 4.78 is 0. The predicted molar refractivity (Wildman–Crippen MR) is 63.4 cm³/mol. The molecule has 0 radical (unpaired) electrons. The van der Waals surface area contributed by atoms with E-state index < -0.39 is 11.9 Å². The third-order valence-electron chi connectivity index (χ3n) is 2.22. The molecule has 2 aromatic heterocycles. The third kappa shape index (κ3) is 2.49. The molecule has 0 aliphatic carbocycles. The molecule has 90 valence electrons. The summed E-state index contributed by atoms with van der Waals surface area (Å²) in [5, 5.41) is 11.4. The second-order valence-electron chi connectivity index (χ2n) is 3.42. The summed E-state index contributed by atoms with van der Waals surface area (Å²) in [7, 11) is 0. The Bertz CT molecular complexity index is 584. The van der Waals surface area contributed by atoms with Crippen LogP contribution in [0.15, 0.2) is 43.0 Å². The molecule has 0 atom stereocenters. The molecule has 0 bridgehead atoms. The minimum Gasteiger partial charge on any atom is -0.478 e. The third-order valence-corrected chi connectivity index (χ3v) is 2.22. The highest BCUT2D eigenvalue weighted by molar-refractivity contribution is 6.07. The maximum Gasteiger partial charge on any atom is 0.337 e. The number of carbonyl (C=O) groups is 2. The van der Waals surface area contributed by atoms with E-state index in [1.165, 1.54) is 24.7 Å². The van der Waals surface area contributed by atoms with Crippen LogP contribution in [0.3, 0.4) is 0 Å². The van der Waals surface area contributed by atoms with Crippen molar-refractivity contribution >= 4 is 17.6 Å². The normalized spacial score (nSPS) is 9.78. The lowest BCUT2D eigenvalue weighted by atomic mass is 10.2. The van der Waals surface area contributed by atoms with Gasteiger partial charge in [0, 0.05) is 18.6 Å². The number of anilines is 1. The first-order valence-corrected chi connectivity index (χ1v) is 5.07. The lowest BCUT2D eigenvalue weighted by Gasteiger charge is -2.07. The van der Waals surface area contributed by atoms with E-state index in [0.717, 1.165) is 0 Å². The predicted octanol–water partition coefficient (Wildman–Crippen LogP) is 1.43. The Kier molecular flexibility index (Phi) is 3.29. The number of aromatic nitrogens is 2. The summed E-state index contributed by atoms with van der Waals surface area (Å²) in [6, 6.07) is 4.52.